The van der Waals surface area contributed by atoms with E-state index in [1.807, 2.05) is 29.3 Å². The summed E-state index contributed by atoms with van der Waals surface area (Å²) in [5.74, 6) is 0.478. The highest BCUT2D eigenvalue weighted by Crippen LogP contribution is 2.40. The van der Waals surface area contributed by atoms with Crippen LogP contribution in [-0.2, 0) is 16.0 Å². The molecular formula is C19H21N3O2S. The number of fused-ring (bicyclic) bond motifs is 1. The van der Waals surface area contributed by atoms with Gasteiger partial charge in [-0.3, -0.25) is 9.59 Å². The summed E-state index contributed by atoms with van der Waals surface area (Å²) in [5, 5.41) is 5.38. The number of thiazole rings is 1. The van der Waals surface area contributed by atoms with Crippen LogP contribution < -0.4 is 10.2 Å². The molecule has 1 saturated carbocycles. The maximum Gasteiger partial charge on any atom is 0.230 e. The standard InChI is InChI=1S/C19H21N3O2S/c1-3-17(23)21-19-20-15(10-25-19)13-6-7-16-14(9-13)8-11(2)22(16)18(24)12-4-5-12/h6-7,9-12H,3-5,8H2,1-2H3,(H,20,21,23). The van der Waals surface area contributed by atoms with Crippen molar-refractivity contribution in [1.82, 2.24) is 4.98 Å². The van der Waals surface area contributed by atoms with Crippen molar-refractivity contribution >= 4 is 34.0 Å². The quantitative estimate of drug-likeness (QED) is 0.906. The summed E-state index contributed by atoms with van der Waals surface area (Å²) < 4.78 is 0. The van der Waals surface area contributed by atoms with Gasteiger partial charge in [-0.1, -0.05) is 13.0 Å². The van der Waals surface area contributed by atoms with Crippen molar-refractivity contribution < 1.29 is 9.59 Å². The largest absolute Gasteiger partial charge is 0.309 e. The molecule has 2 aliphatic rings. The first kappa shape index (κ1) is 16.3. The molecule has 4 rings (SSSR count). The van der Waals surface area contributed by atoms with Crippen molar-refractivity contribution in [3.63, 3.8) is 0 Å². The molecule has 130 valence electrons. The van der Waals surface area contributed by atoms with Crippen LogP contribution in [0.25, 0.3) is 11.3 Å². The summed E-state index contributed by atoms with van der Waals surface area (Å²) in [5.41, 5.74) is 4.13. The molecule has 25 heavy (non-hydrogen) atoms. The van der Waals surface area contributed by atoms with Crippen LogP contribution in [0.1, 0.15) is 38.7 Å². The molecule has 2 aromatic rings. The van der Waals surface area contributed by atoms with Crippen LogP contribution in [-0.4, -0.2) is 22.8 Å². The molecule has 1 aromatic carbocycles. The minimum Gasteiger partial charge on any atom is -0.309 e. The molecule has 6 heteroatoms. The second kappa shape index (κ2) is 6.26. The van der Waals surface area contributed by atoms with Gasteiger partial charge in [0.2, 0.25) is 11.8 Å². The fraction of sp³-hybridized carbons (Fsp3) is 0.421. The predicted octanol–water partition coefficient (Wildman–Crippen LogP) is 3.85. The third-order valence-electron chi connectivity index (χ3n) is 4.83. The molecule has 1 fully saturated rings. The van der Waals surface area contributed by atoms with E-state index >= 15 is 0 Å². The van der Waals surface area contributed by atoms with Crippen molar-refractivity contribution in [3.05, 3.63) is 29.1 Å². The molecule has 1 aliphatic heterocycles. The van der Waals surface area contributed by atoms with E-state index in [-0.39, 0.29) is 23.8 Å². The predicted molar refractivity (Wildman–Crippen MR) is 99.8 cm³/mol. The molecule has 1 aromatic heterocycles. The van der Waals surface area contributed by atoms with E-state index in [1.54, 1.807) is 0 Å². The van der Waals surface area contributed by atoms with E-state index < -0.39 is 0 Å². The Morgan fingerprint density at radius 1 is 1.36 bits per heavy atom. The van der Waals surface area contributed by atoms with Gasteiger partial charge in [0, 0.05) is 35.0 Å². The zero-order valence-electron chi connectivity index (χ0n) is 14.4. The van der Waals surface area contributed by atoms with Gasteiger partial charge in [-0.25, -0.2) is 4.98 Å². The molecule has 2 heterocycles. The van der Waals surface area contributed by atoms with Crippen molar-refractivity contribution in [2.75, 3.05) is 10.2 Å². The Bertz CT molecular complexity index is 841. The molecule has 0 bridgehead atoms. The molecule has 5 nitrogen and oxygen atoms in total. The molecule has 0 spiro atoms. The van der Waals surface area contributed by atoms with E-state index in [0.717, 1.165) is 36.2 Å². The van der Waals surface area contributed by atoms with Gasteiger partial charge in [-0.2, -0.15) is 0 Å². The van der Waals surface area contributed by atoms with Gasteiger partial charge in [0.25, 0.3) is 0 Å². The molecule has 0 radical (unpaired) electrons. The summed E-state index contributed by atoms with van der Waals surface area (Å²) >= 11 is 1.43. The van der Waals surface area contributed by atoms with Crippen LogP contribution in [0.3, 0.4) is 0 Å². The first-order chi connectivity index (χ1) is 12.1. The average Bonchev–Trinajstić information content (AvgIpc) is 3.26. The first-order valence-electron chi connectivity index (χ1n) is 8.78. The number of nitrogens with zero attached hydrogens (tertiary/aromatic N) is 2. The lowest BCUT2D eigenvalue weighted by Crippen LogP contribution is -2.36. The first-order valence-corrected chi connectivity index (χ1v) is 9.66. The Labute approximate surface area is 151 Å². The topological polar surface area (TPSA) is 62.3 Å². The lowest BCUT2D eigenvalue weighted by molar-refractivity contribution is -0.120. The lowest BCUT2D eigenvalue weighted by Gasteiger charge is -2.22. The van der Waals surface area contributed by atoms with Gasteiger partial charge in [0.15, 0.2) is 5.13 Å². The molecule has 0 saturated heterocycles. The summed E-state index contributed by atoms with van der Waals surface area (Å²) in [7, 11) is 0. The van der Waals surface area contributed by atoms with E-state index in [0.29, 0.717) is 11.6 Å². The van der Waals surface area contributed by atoms with E-state index in [4.69, 9.17) is 0 Å². The molecule has 2 amide bonds. The van der Waals surface area contributed by atoms with Crippen molar-refractivity contribution in [1.29, 1.82) is 0 Å². The molecule has 1 aliphatic carbocycles. The summed E-state index contributed by atoms with van der Waals surface area (Å²) in [6, 6.07) is 6.41. The molecule has 1 N–H and O–H groups in total. The van der Waals surface area contributed by atoms with Crippen molar-refractivity contribution in [2.24, 2.45) is 5.92 Å². The number of carbonyl (C=O) groups is 2. The smallest absolute Gasteiger partial charge is 0.230 e. The Balaban J connectivity index is 1.59. The molecule has 1 atom stereocenters. The van der Waals surface area contributed by atoms with Crippen LogP contribution >= 0.6 is 11.3 Å². The summed E-state index contributed by atoms with van der Waals surface area (Å²) in [4.78, 5) is 30.5. The van der Waals surface area contributed by atoms with Gasteiger partial charge in [0.05, 0.1) is 5.69 Å². The lowest BCUT2D eigenvalue weighted by atomic mass is 10.1. The fourth-order valence-electron chi connectivity index (χ4n) is 3.32. The van der Waals surface area contributed by atoms with Crippen molar-refractivity contribution in [2.45, 2.75) is 45.6 Å². The minimum atomic E-state index is -0.0297. The second-order valence-electron chi connectivity index (χ2n) is 6.82. The zero-order chi connectivity index (χ0) is 17.6. The average molecular weight is 355 g/mol. The Kier molecular flexibility index (Phi) is 4.07. The number of nitrogens with one attached hydrogen (secondary N) is 1. The summed E-state index contributed by atoms with van der Waals surface area (Å²) in [6.45, 7) is 3.93. The molecular weight excluding hydrogens is 334 g/mol. The zero-order valence-corrected chi connectivity index (χ0v) is 15.2. The van der Waals surface area contributed by atoms with Gasteiger partial charge in [0.1, 0.15) is 0 Å². The highest BCUT2D eigenvalue weighted by Gasteiger charge is 2.39. The highest BCUT2D eigenvalue weighted by atomic mass is 32.1. The minimum absolute atomic E-state index is 0.0297. The summed E-state index contributed by atoms with van der Waals surface area (Å²) in [6.07, 6.45) is 3.38. The van der Waals surface area contributed by atoms with E-state index in [2.05, 4.69) is 23.3 Å². The maximum atomic E-state index is 12.5. The number of benzene rings is 1. The number of hydrogen-bond acceptors (Lipinski definition) is 4. The Hall–Kier alpha value is -2.21. The van der Waals surface area contributed by atoms with E-state index in [9.17, 15) is 9.59 Å². The van der Waals surface area contributed by atoms with Crippen LogP contribution in [0.2, 0.25) is 0 Å². The number of amides is 2. The van der Waals surface area contributed by atoms with Gasteiger partial charge in [-0.05, 0) is 43.9 Å². The van der Waals surface area contributed by atoms with Crippen LogP contribution in [0, 0.1) is 5.92 Å². The third kappa shape index (κ3) is 3.06. The second-order valence-corrected chi connectivity index (χ2v) is 7.68. The SMILES string of the molecule is CCC(=O)Nc1nc(-c2ccc3c(c2)CC(C)N3C(=O)C2CC2)cs1. The van der Waals surface area contributed by atoms with Crippen LogP contribution in [0.15, 0.2) is 23.6 Å². The number of hydrogen-bond donors (Lipinski definition) is 1. The Morgan fingerprint density at radius 3 is 2.88 bits per heavy atom. The normalized spacial score (nSPS) is 19.0. The molecule has 1 unspecified atom stereocenters. The van der Waals surface area contributed by atoms with Crippen LogP contribution in [0.5, 0.6) is 0 Å². The third-order valence-corrected chi connectivity index (χ3v) is 5.58. The number of anilines is 2. The Morgan fingerprint density at radius 2 is 2.16 bits per heavy atom. The number of aromatic nitrogens is 1. The highest BCUT2D eigenvalue weighted by molar-refractivity contribution is 7.14. The fourth-order valence-corrected chi connectivity index (χ4v) is 4.06. The monoisotopic (exact) mass is 355 g/mol. The van der Waals surface area contributed by atoms with Crippen molar-refractivity contribution in [3.8, 4) is 11.3 Å². The van der Waals surface area contributed by atoms with Gasteiger partial charge in [-0.15, -0.1) is 11.3 Å². The van der Waals surface area contributed by atoms with Gasteiger partial charge >= 0.3 is 0 Å². The maximum absolute atomic E-state index is 12.5. The van der Waals surface area contributed by atoms with E-state index in [1.165, 1.54) is 16.9 Å². The number of carbonyl (C=O) groups excluding carboxylic acids is 2. The van der Waals surface area contributed by atoms with Crippen LogP contribution in [0.4, 0.5) is 10.8 Å². The van der Waals surface area contributed by atoms with Gasteiger partial charge < -0.3 is 10.2 Å². The number of rotatable bonds is 4.